The molecule has 2 N–H and O–H groups in total. The van der Waals surface area contributed by atoms with Crippen LogP contribution in [0.2, 0.25) is 0 Å². The van der Waals surface area contributed by atoms with Crippen molar-refractivity contribution in [2.24, 2.45) is 7.05 Å². The summed E-state index contributed by atoms with van der Waals surface area (Å²) in [5.41, 5.74) is -1.01. The Labute approximate surface area is 161 Å². The van der Waals surface area contributed by atoms with Gasteiger partial charge in [0, 0.05) is 24.5 Å². The summed E-state index contributed by atoms with van der Waals surface area (Å²) >= 11 is 0. The molecule has 5 nitrogen and oxygen atoms in total. The summed E-state index contributed by atoms with van der Waals surface area (Å²) in [5.74, 6) is -6.67. The van der Waals surface area contributed by atoms with E-state index in [-0.39, 0.29) is 16.8 Å². The largest absolute Gasteiger partial charge is 0.364 e. The number of halogens is 3. The number of amides is 2. The Kier molecular flexibility index (Phi) is 5.64. The van der Waals surface area contributed by atoms with Crippen LogP contribution in [0.1, 0.15) is 48.0 Å². The highest BCUT2D eigenvalue weighted by molar-refractivity contribution is 6.07. The number of anilines is 1. The SMILES string of the molecule is Cc1cc(NC(=O)c2c(C)cn(C)c2C(F)(F)C(=O)NC(C)(C)C)ccc1F. The molecule has 0 aliphatic rings. The van der Waals surface area contributed by atoms with E-state index in [4.69, 9.17) is 0 Å². The Hall–Kier alpha value is -2.77. The highest BCUT2D eigenvalue weighted by Crippen LogP contribution is 2.34. The van der Waals surface area contributed by atoms with Gasteiger partial charge in [0.25, 0.3) is 11.8 Å². The minimum atomic E-state index is -3.93. The number of alkyl halides is 2. The summed E-state index contributed by atoms with van der Waals surface area (Å²) in [7, 11) is 1.35. The number of hydrogen-bond acceptors (Lipinski definition) is 2. The third kappa shape index (κ3) is 4.37. The number of carbonyl (C=O) groups excluding carboxylic acids is 2. The molecule has 1 aromatic heterocycles. The van der Waals surface area contributed by atoms with Crippen molar-refractivity contribution >= 4 is 17.5 Å². The summed E-state index contributed by atoms with van der Waals surface area (Å²) in [6.45, 7) is 7.78. The predicted octanol–water partition coefficient (Wildman–Crippen LogP) is 4.04. The molecule has 0 aliphatic heterocycles. The number of carbonyl (C=O) groups is 2. The lowest BCUT2D eigenvalue weighted by molar-refractivity contribution is -0.149. The van der Waals surface area contributed by atoms with E-state index in [1.807, 2.05) is 0 Å². The molecule has 8 heteroatoms. The molecule has 152 valence electrons. The lowest BCUT2D eigenvalue weighted by Gasteiger charge is -2.25. The van der Waals surface area contributed by atoms with Gasteiger partial charge >= 0.3 is 5.92 Å². The number of nitrogens with one attached hydrogen (secondary N) is 2. The normalized spacial score (nSPS) is 12.0. The van der Waals surface area contributed by atoms with Crippen LogP contribution in [0.15, 0.2) is 24.4 Å². The average Bonchev–Trinajstić information content (AvgIpc) is 2.84. The Bertz CT molecular complexity index is 928. The van der Waals surface area contributed by atoms with E-state index >= 15 is 0 Å². The van der Waals surface area contributed by atoms with Crippen LogP contribution < -0.4 is 10.6 Å². The van der Waals surface area contributed by atoms with E-state index in [0.29, 0.717) is 5.56 Å². The molecule has 1 aromatic carbocycles. The van der Waals surface area contributed by atoms with Gasteiger partial charge in [0.2, 0.25) is 0 Å². The Morgan fingerprint density at radius 1 is 1.07 bits per heavy atom. The van der Waals surface area contributed by atoms with Gasteiger partial charge in [-0.3, -0.25) is 9.59 Å². The minimum absolute atomic E-state index is 0.264. The molecule has 0 bridgehead atoms. The van der Waals surface area contributed by atoms with Crippen molar-refractivity contribution in [3.8, 4) is 0 Å². The van der Waals surface area contributed by atoms with E-state index in [2.05, 4.69) is 10.6 Å². The van der Waals surface area contributed by atoms with Gasteiger partial charge in [-0.15, -0.1) is 0 Å². The smallest absolute Gasteiger partial charge is 0.348 e. The minimum Gasteiger partial charge on any atom is -0.348 e. The molecule has 0 radical (unpaired) electrons. The molecule has 2 aromatic rings. The first-order valence-corrected chi connectivity index (χ1v) is 8.68. The first-order valence-electron chi connectivity index (χ1n) is 8.68. The van der Waals surface area contributed by atoms with Crippen LogP contribution in [0.5, 0.6) is 0 Å². The zero-order chi connectivity index (χ0) is 21.4. The maximum absolute atomic E-state index is 15.0. The number of aryl methyl sites for hydroxylation is 3. The topological polar surface area (TPSA) is 63.1 Å². The molecular weight excluding hydrogens is 371 g/mol. The fourth-order valence-electron chi connectivity index (χ4n) is 2.89. The molecule has 0 spiro atoms. The van der Waals surface area contributed by atoms with Crippen molar-refractivity contribution < 1.29 is 22.8 Å². The molecule has 2 amide bonds. The summed E-state index contributed by atoms with van der Waals surface area (Å²) in [5, 5.41) is 4.74. The van der Waals surface area contributed by atoms with Crippen molar-refractivity contribution in [3.05, 3.63) is 52.6 Å². The van der Waals surface area contributed by atoms with Gasteiger partial charge < -0.3 is 15.2 Å². The monoisotopic (exact) mass is 395 g/mol. The summed E-state index contributed by atoms with van der Waals surface area (Å²) < 4.78 is 44.4. The maximum atomic E-state index is 15.0. The van der Waals surface area contributed by atoms with Crippen LogP contribution in [0.4, 0.5) is 18.9 Å². The molecule has 28 heavy (non-hydrogen) atoms. The number of benzene rings is 1. The molecular formula is C20H24F3N3O2. The number of nitrogens with zero attached hydrogens (tertiary/aromatic N) is 1. The maximum Gasteiger partial charge on any atom is 0.364 e. The molecule has 0 unspecified atom stereocenters. The molecule has 0 saturated carbocycles. The van der Waals surface area contributed by atoms with E-state index in [1.54, 1.807) is 20.8 Å². The second-order valence-electron chi connectivity index (χ2n) is 7.84. The highest BCUT2D eigenvalue weighted by atomic mass is 19.3. The molecule has 1 heterocycles. The summed E-state index contributed by atoms with van der Waals surface area (Å²) in [6.07, 6.45) is 1.36. The third-order valence-corrected chi connectivity index (χ3v) is 4.09. The van der Waals surface area contributed by atoms with Crippen molar-refractivity contribution in [1.82, 2.24) is 9.88 Å². The lowest BCUT2D eigenvalue weighted by Crippen LogP contribution is -2.48. The van der Waals surface area contributed by atoms with Crippen molar-refractivity contribution in [3.63, 3.8) is 0 Å². The zero-order valence-corrected chi connectivity index (χ0v) is 16.7. The van der Waals surface area contributed by atoms with Crippen LogP contribution in [0.25, 0.3) is 0 Å². The molecule has 0 fully saturated rings. The van der Waals surface area contributed by atoms with Gasteiger partial charge in [-0.05, 0) is 63.9 Å². The first kappa shape index (κ1) is 21.5. The first-order chi connectivity index (χ1) is 12.7. The van der Waals surface area contributed by atoms with Crippen molar-refractivity contribution in [2.75, 3.05) is 5.32 Å². The van der Waals surface area contributed by atoms with Gasteiger partial charge in [0.15, 0.2) is 0 Å². The van der Waals surface area contributed by atoms with Gasteiger partial charge in [-0.2, -0.15) is 8.78 Å². The van der Waals surface area contributed by atoms with E-state index in [1.165, 1.54) is 45.3 Å². The highest BCUT2D eigenvalue weighted by Gasteiger charge is 2.47. The average molecular weight is 395 g/mol. The Morgan fingerprint density at radius 3 is 2.21 bits per heavy atom. The summed E-state index contributed by atoms with van der Waals surface area (Å²) in [4.78, 5) is 24.9. The van der Waals surface area contributed by atoms with Crippen LogP contribution in [-0.2, 0) is 17.8 Å². The third-order valence-electron chi connectivity index (χ3n) is 4.09. The number of aromatic nitrogens is 1. The van der Waals surface area contributed by atoms with Gasteiger partial charge in [0.1, 0.15) is 11.5 Å². The number of hydrogen-bond donors (Lipinski definition) is 2. The van der Waals surface area contributed by atoms with Crippen LogP contribution in [0.3, 0.4) is 0 Å². The van der Waals surface area contributed by atoms with Crippen molar-refractivity contribution in [1.29, 1.82) is 0 Å². The fraction of sp³-hybridized carbons (Fsp3) is 0.400. The second kappa shape index (κ2) is 7.33. The molecule has 2 rings (SSSR count). The number of rotatable bonds is 4. The second-order valence-corrected chi connectivity index (χ2v) is 7.84. The van der Waals surface area contributed by atoms with Crippen LogP contribution in [-0.4, -0.2) is 21.9 Å². The Balaban J connectivity index is 2.44. The fourth-order valence-corrected chi connectivity index (χ4v) is 2.89. The van der Waals surface area contributed by atoms with Gasteiger partial charge in [0.05, 0.1) is 5.56 Å². The summed E-state index contributed by atoms with van der Waals surface area (Å²) in [6, 6.07) is 3.91. The van der Waals surface area contributed by atoms with E-state index < -0.39 is 34.8 Å². The van der Waals surface area contributed by atoms with Gasteiger partial charge in [-0.25, -0.2) is 4.39 Å². The lowest BCUT2D eigenvalue weighted by atomic mass is 10.0. The molecule has 0 saturated heterocycles. The van der Waals surface area contributed by atoms with Crippen LogP contribution >= 0.6 is 0 Å². The Morgan fingerprint density at radius 2 is 1.68 bits per heavy atom. The van der Waals surface area contributed by atoms with E-state index in [0.717, 1.165) is 4.57 Å². The van der Waals surface area contributed by atoms with Crippen molar-refractivity contribution in [2.45, 2.75) is 46.1 Å². The molecule has 0 atom stereocenters. The molecule has 0 aliphatic carbocycles. The van der Waals surface area contributed by atoms with Crippen LogP contribution in [0, 0.1) is 19.7 Å². The van der Waals surface area contributed by atoms with Gasteiger partial charge in [-0.1, -0.05) is 0 Å². The van der Waals surface area contributed by atoms with E-state index in [9.17, 15) is 22.8 Å². The zero-order valence-electron chi connectivity index (χ0n) is 16.7. The quantitative estimate of drug-likeness (QED) is 0.821. The predicted molar refractivity (Wildman–Crippen MR) is 101 cm³/mol. The standard InChI is InChI=1S/C20H24F3N3O2/c1-11-9-13(7-8-14(11)21)24-17(27)15-12(2)10-26(6)16(15)20(22,23)18(28)25-19(3,4)5/h7-10H,1-6H3,(H,24,27)(H,25,28).